The standard InChI is InChI=1S/C28H29N3O3/c1-20(2)16-17-29-26(32)18-21-12-14-23(15-13-21)31-27(33)24-10-6-7-11-25(24)30(28(31)34)19-22-8-4-3-5-9-22/h3-15,20H,16-19H2,1-2H3,(H,29,32). The highest BCUT2D eigenvalue weighted by Crippen LogP contribution is 2.13. The lowest BCUT2D eigenvalue weighted by Gasteiger charge is -2.14. The number of amides is 1. The minimum atomic E-state index is -0.397. The summed E-state index contributed by atoms with van der Waals surface area (Å²) in [6, 6.07) is 23.9. The number of hydrogen-bond donors (Lipinski definition) is 1. The lowest BCUT2D eigenvalue weighted by atomic mass is 10.1. The van der Waals surface area contributed by atoms with Gasteiger partial charge in [-0.2, -0.15) is 0 Å². The zero-order valence-corrected chi connectivity index (χ0v) is 19.5. The van der Waals surface area contributed by atoms with Gasteiger partial charge in [0.2, 0.25) is 5.91 Å². The summed E-state index contributed by atoms with van der Waals surface area (Å²) < 4.78 is 2.83. The third-order valence-electron chi connectivity index (χ3n) is 5.84. The van der Waals surface area contributed by atoms with Gasteiger partial charge in [-0.05, 0) is 47.7 Å². The quantitative estimate of drug-likeness (QED) is 0.438. The molecule has 3 aromatic carbocycles. The first-order chi connectivity index (χ1) is 16.4. The topological polar surface area (TPSA) is 73.1 Å². The van der Waals surface area contributed by atoms with Crippen molar-refractivity contribution in [2.75, 3.05) is 6.54 Å². The average molecular weight is 456 g/mol. The fourth-order valence-electron chi connectivity index (χ4n) is 3.98. The van der Waals surface area contributed by atoms with Crippen LogP contribution in [0.1, 0.15) is 31.4 Å². The Kier molecular flexibility index (Phi) is 7.07. The van der Waals surface area contributed by atoms with Crippen LogP contribution in [-0.2, 0) is 17.8 Å². The second kappa shape index (κ2) is 10.3. The van der Waals surface area contributed by atoms with Crippen LogP contribution < -0.4 is 16.6 Å². The van der Waals surface area contributed by atoms with Gasteiger partial charge >= 0.3 is 5.69 Å². The lowest BCUT2D eigenvalue weighted by Crippen LogP contribution is -2.39. The molecule has 4 rings (SSSR count). The second-order valence-electron chi connectivity index (χ2n) is 8.89. The molecule has 0 saturated heterocycles. The first kappa shape index (κ1) is 23.2. The number of aromatic nitrogens is 2. The molecule has 1 N–H and O–H groups in total. The number of hydrogen-bond acceptors (Lipinski definition) is 3. The highest BCUT2D eigenvalue weighted by atomic mass is 16.2. The predicted octanol–water partition coefficient (Wildman–Crippen LogP) is 3.91. The number of carbonyl (C=O) groups is 1. The van der Waals surface area contributed by atoms with E-state index in [9.17, 15) is 14.4 Å². The summed E-state index contributed by atoms with van der Waals surface area (Å²) in [7, 11) is 0. The Bertz CT molecular complexity index is 1400. The first-order valence-corrected chi connectivity index (χ1v) is 11.6. The summed E-state index contributed by atoms with van der Waals surface area (Å²) in [5.74, 6) is 0.493. The molecule has 6 heteroatoms. The fourth-order valence-corrected chi connectivity index (χ4v) is 3.98. The molecule has 174 valence electrons. The number of nitrogens with zero attached hydrogens (tertiary/aromatic N) is 2. The predicted molar refractivity (Wildman–Crippen MR) is 136 cm³/mol. The van der Waals surface area contributed by atoms with E-state index in [1.165, 1.54) is 4.57 Å². The number of para-hydroxylation sites is 1. The van der Waals surface area contributed by atoms with Crippen molar-refractivity contribution in [1.29, 1.82) is 0 Å². The summed E-state index contributed by atoms with van der Waals surface area (Å²) >= 11 is 0. The van der Waals surface area contributed by atoms with E-state index in [0.29, 0.717) is 35.6 Å². The molecule has 0 aliphatic heterocycles. The van der Waals surface area contributed by atoms with E-state index in [4.69, 9.17) is 0 Å². The third kappa shape index (κ3) is 5.17. The van der Waals surface area contributed by atoms with Crippen molar-refractivity contribution in [3.05, 3.63) is 111 Å². The molecular formula is C28H29N3O3. The largest absolute Gasteiger partial charge is 0.356 e. The maximum absolute atomic E-state index is 13.5. The molecular weight excluding hydrogens is 426 g/mol. The monoisotopic (exact) mass is 455 g/mol. The van der Waals surface area contributed by atoms with Crippen LogP contribution in [0.25, 0.3) is 16.6 Å². The van der Waals surface area contributed by atoms with E-state index in [0.717, 1.165) is 17.5 Å². The minimum absolute atomic E-state index is 0.0403. The Hall–Kier alpha value is -3.93. The Morgan fingerprint density at radius 2 is 1.53 bits per heavy atom. The smallest absolute Gasteiger partial charge is 0.336 e. The molecule has 4 aromatic rings. The van der Waals surface area contributed by atoms with E-state index in [1.54, 1.807) is 47.0 Å². The van der Waals surface area contributed by atoms with Gasteiger partial charge in [0.25, 0.3) is 5.56 Å². The van der Waals surface area contributed by atoms with Crippen LogP contribution in [0.2, 0.25) is 0 Å². The number of nitrogens with one attached hydrogen (secondary N) is 1. The summed E-state index contributed by atoms with van der Waals surface area (Å²) in [5.41, 5.74) is 2.12. The van der Waals surface area contributed by atoms with Gasteiger partial charge in [0.1, 0.15) is 0 Å². The van der Waals surface area contributed by atoms with Gasteiger partial charge < -0.3 is 5.32 Å². The number of rotatable bonds is 8. The highest BCUT2D eigenvalue weighted by molar-refractivity contribution is 5.79. The van der Waals surface area contributed by atoms with Crippen molar-refractivity contribution in [1.82, 2.24) is 14.5 Å². The summed E-state index contributed by atoms with van der Waals surface area (Å²) in [6.07, 6.45) is 1.19. The maximum atomic E-state index is 13.5. The molecule has 0 fully saturated rings. The van der Waals surface area contributed by atoms with E-state index in [-0.39, 0.29) is 17.9 Å². The molecule has 0 atom stereocenters. The lowest BCUT2D eigenvalue weighted by molar-refractivity contribution is -0.120. The molecule has 0 unspecified atom stereocenters. The van der Waals surface area contributed by atoms with Gasteiger partial charge in [-0.25, -0.2) is 9.36 Å². The molecule has 1 aromatic heterocycles. The molecule has 1 heterocycles. The Morgan fingerprint density at radius 1 is 0.853 bits per heavy atom. The van der Waals surface area contributed by atoms with Crippen LogP contribution in [0.3, 0.4) is 0 Å². The van der Waals surface area contributed by atoms with Crippen molar-refractivity contribution in [2.24, 2.45) is 5.92 Å². The Labute approximate surface area is 198 Å². The molecule has 0 spiro atoms. The van der Waals surface area contributed by atoms with Gasteiger partial charge in [-0.3, -0.25) is 14.2 Å². The molecule has 1 amide bonds. The van der Waals surface area contributed by atoms with Crippen molar-refractivity contribution >= 4 is 16.8 Å². The SMILES string of the molecule is CC(C)CCNC(=O)Cc1ccc(-n2c(=O)c3ccccc3n(Cc3ccccc3)c2=O)cc1. The minimum Gasteiger partial charge on any atom is -0.356 e. The van der Waals surface area contributed by atoms with Crippen LogP contribution in [0, 0.1) is 5.92 Å². The van der Waals surface area contributed by atoms with E-state index >= 15 is 0 Å². The molecule has 0 aliphatic carbocycles. The van der Waals surface area contributed by atoms with Crippen LogP contribution >= 0.6 is 0 Å². The van der Waals surface area contributed by atoms with E-state index in [2.05, 4.69) is 19.2 Å². The van der Waals surface area contributed by atoms with Gasteiger partial charge in [0.05, 0.1) is 29.6 Å². The van der Waals surface area contributed by atoms with Crippen LogP contribution in [0.4, 0.5) is 0 Å². The Morgan fingerprint density at radius 3 is 2.24 bits per heavy atom. The van der Waals surface area contributed by atoms with Gasteiger partial charge in [-0.1, -0.05) is 68.4 Å². The summed E-state index contributed by atoms with van der Waals surface area (Å²) in [6.45, 7) is 5.25. The molecule has 0 saturated carbocycles. The van der Waals surface area contributed by atoms with Crippen molar-refractivity contribution in [3.63, 3.8) is 0 Å². The zero-order chi connectivity index (χ0) is 24.1. The fraction of sp³-hybridized carbons (Fsp3) is 0.250. The average Bonchev–Trinajstić information content (AvgIpc) is 2.83. The van der Waals surface area contributed by atoms with Gasteiger partial charge in [-0.15, -0.1) is 0 Å². The maximum Gasteiger partial charge on any atom is 0.336 e. The normalized spacial score (nSPS) is 11.1. The van der Waals surface area contributed by atoms with Crippen LogP contribution in [0.5, 0.6) is 0 Å². The summed E-state index contributed by atoms with van der Waals surface area (Å²) in [5, 5.41) is 3.41. The van der Waals surface area contributed by atoms with E-state index < -0.39 is 5.69 Å². The first-order valence-electron chi connectivity index (χ1n) is 11.6. The van der Waals surface area contributed by atoms with Crippen LogP contribution in [-0.4, -0.2) is 21.6 Å². The second-order valence-corrected chi connectivity index (χ2v) is 8.89. The molecule has 0 aliphatic rings. The van der Waals surface area contributed by atoms with E-state index in [1.807, 2.05) is 36.4 Å². The zero-order valence-electron chi connectivity index (χ0n) is 19.5. The molecule has 0 bridgehead atoms. The summed E-state index contributed by atoms with van der Waals surface area (Å²) in [4.78, 5) is 39.0. The van der Waals surface area contributed by atoms with Crippen molar-refractivity contribution < 1.29 is 4.79 Å². The Balaban J connectivity index is 1.67. The van der Waals surface area contributed by atoms with Crippen molar-refractivity contribution in [2.45, 2.75) is 33.2 Å². The molecule has 0 radical (unpaired) electrons. The number of fused-ring (bicyclic) bond motifs is 1. The number of benzene rings is 3. The van der Waals surface area contributed by atoms with Crippen molar-refractivity contribution in [3.8, 4) is 5.69 Å². The van der Waals surface area contributed by atoms with Crippen LogP contribution in [0.15, 0.2) is 88.5 Å². The molecule has 34 heavy (non-hydrogen) atoms. The number of carbonyl (C=O) groups excluding carboxylic acids is 1. The third-order valence-corrected chi connectivity index (χ3v) is 5.84. The van der Waals surface area contributed by atoms with Gasteiger partial charge in [0.15, 0.2) is 0 Å². The van der Waals surface area contributed by atoms with Gasteiger partial charge in [0, 0.05) is 6.54 Å². The molecule has 6 nitrogen and oxygen atoms in total. The highest BCUT2D eigenvalue weighted by Gasteiger charge is 2.15.